The molecule has 2 heterocycles. The number of amides is 1. The van der Waals surface area contributed by atoms with Crippen LogP contribution >= 0.6 is 0 Å². The number of esters is 1. The molecule has 5 rings (SSSR count). The molecule has 6 heteroatoms. The van der Waals surface area contributed by atoms with Crippen molar-refractivity contribution in [3.63, 3.8) is 0 Å². The summed E-state index contributed by atoms with van der Waals surface area (Å²) < 4.78 is 14.0. The smallest absolute Gasteiger partial charge is 0.339 e. The minimum absolute atomic E-state index is 0.126. The summed E-state index contributed by atoms with van der Waals surface area (Å²) in [6.45, 7) is 12.0. The maximum Gasteiger partial charge on any atom is 0.339 e. The van der Waals surface area contributed by atoms with Crippen LogP contribution in [0.1, 0.15) is 74.9 Å². The van der Waals surface area contributed by atoms with Gasteiger partial charge in [0.2, 0.25) is 0 Å². The number of anilines is 1. The molecule has 1 aliphatic heterocycles. The van der Waals surface area contributed by atoms with Crippen molar-refractivity contribution in [2.45, 2.75) is 84.5 Å². The number of rotatable bonds is 4. The van der Waals surface area contributed by atoms with E-state index in [1.54, 1.807) is 0 Å². The number of aromatic nitrogens is 1. The monoisotopic (exact) mass is 502 g/mol. The van der Waals surface area contributed by atoms with Gasteiger partial charge in [-0.2, -0.15) is 0 Å². The van der Waals surface area contributed by atoms with Gasteiger partial charge < -0.3 is 18.9 Å². The average molecular weight is 503 g/mol. The summed E-state index contributed by atoms with van der Waals surface area (Å²) in [5, 5.41) is 1.04. The zero-order valence-corrected chi connectivity index (χ0v) is 23.3. The van der Waals surface area contributed by atoms with E-state index in [0.29, 0.717) is 0 Å². The van der Waals surface area contributed by atoms with E-state index in [2.05, 4.69) is 48.7 Å². The summed E-state index contributed by atoms with van der Waals surface area (Å²) in [7, 11) is 3.27. The van der Waals surface area contributed by atoms with Crippen LogP contribution < -0.4 is 4.90 Å². The predicted octanol–water partition coefficient (Wildman–Crippen LogP) is 6.51. The third kappa shape index (κ3) is 3.80. The summed E-state index contributed by atoms with van der Waals surface area (Å²) in [5.41, 5.74) is 6.60. The first-order valence-electron chi connectivity index (χ1n) is 13.2. The highest BCUT2D eigenvalue weighted by Gasteiger charge is 2.50. The summed E-state index contributed by atoms with van der Waals surface area (Å²) in [5.74, 6) is -0.326. The van der Waals surface area contributed by atoms with Crippen molar-refractivity contribution in [1.82, 2.24) is 4.57 Å². The average Bonchev–Trinajstić information content (AvgIpc) is 3.45. The Morgan fingerprint density at radius 1 is 1.05 bits per heavy atom. The van der Waals surface area contributed by atoms with Gasteiger partial charge in [0.15, 0.2) is 6.10 Å². The van der Waals surface area contributed by atoms with Crippen LogP contribution in [0.2, 0.25) is 0 Å². The SMILES string of the molecule is COC(=O)[C@@H](OC(C)(C)C)c1c(C)c2c3c(cc(C)n3C3(CCCC3)C(=O)N2C)c1-c1ccc(C)cc1. The summed E-state index contributed by atoms with van der Waals surface area (Å²) >= 11 is 0. The number of methoxy groups -OCH3 is 1. The first kappa shape index (κ1) is 25.5. The Kier molecular flexibility index (Phi) is 6.02. The van der Waals surface area contributed by atoms with Crippen LogP contribution in [-0.4, -0.2) is 36.2 Å². The highest BCUT2D eigenvalue weighted by molar-refractivity contribution is 6.15. The molecule has 2 aromatic carbocycles. The standard InChI is InChI=1S/C31H38N2O4/c1-18-11-13-21(14-12-18)24-22-17-19(2)33-26(22)25(32(7)29(35)31(33)15-9-10-16-31)20(3)23(24)27(28(34)36-8)37-30(4,5)6/h11-14,17,27H,9-10,15-16H2,1-8H3/t27-/m0/s1. The van der Waals surface area contributed by atoms with Crippen molar-refractivity contribution in [3.8, 4) is 11.1 Å². The van der Waals surface area contributed by atoms with Gasteiger partial charge in [-0.3, -0.25) is 4.79 Å². The maximum atomic E-state index is 14.0. The Morgan fingerprint density at radius 3 is 2.24 bits per heavy atom. The van der Waals surface area contributed by atoms with E-state index in [-0.39, 0.29) is 5.91 Å². The first-order valence-corrected chi connectivity index (χ1v) is 13.2. The summed E-state index contributed by atoms with van der Waals surface area (Å²) in [6, 6.07) is 10.6. The van der Waals surface area contributed by atoms with Crippen molar-refractivity contribution >= 4 is 28.5 Å². The number of carbonyl (C=O) groups excluding carboxylic acids is 2. The van der Waals surface area contributed by atoms with Gasteiger partial charge in [-0.05, 0) is 77.1 Å². The molecule has 1 saturated carbocycles. The van der Waals surface area contributed by atoms with Gasteiger partial charge in [0.1, 0.15) is 5.54 Å². The fourth-order valence-corrected chi connectivity index (χ4v) is 6.61. The molecule has 2 aliphatic rings. The second-order valence-corrected chi connectivity index (χ2v) is 11.7. The van der Waals surface area contributed by atoms with E-state index >= 15 is 0 Å². The number of carbonyl (C=O) groups is 2. The molecular weight excluding hydrogens is 464 g/mol. The van der Waals surface area contributed by atoms with E-state index in [4.69, 9.17) is 9.47 Å². The largest absolute Gasteiger partial charge is 0.467 e. The van der Waals surface area contributed by atoms with Gasteiger partial charge in [0.25, 0.3) is 5.91 Å². The molecule has 37 heavy (non-hydrogen) atoms. The third-order valence-corrected chi connectivity index (χ3v) is 8.09. The lowest BCUT2D eigenvalue weighted by Gasteiger charge is -2.42. The molecule has 0 saturated heterocycles. The van der Waals surface area contributed by atoms with Crippen molar-refractivity contribution < 1.29 is 19.1 Å². The van der Waals surface area contributed by atoms with Crippen LogP contribution in [-0.2, 0) is 24.6 Å². The minimum atomic E-state index is -0.948. The van der Waals surface area contributed by atoms with Crippen LogP contribution in [0.4, 0.5) is 5.69 Å². The zero-order chi connectivity index (χ0) is 26.9. The van der Waals surface area contributed by atoms with Crippen LogP contribution in [0.5, 0.6) is 0 Å². The van der Waals surface area contributed by atoms with Gasteiger partial charge >= 0.3 is 5.97 Å². The van der Waals surface area contributed by atoms with Gasteiger partial charge in [-0.1, -0.05) is 42.7 Å². The van der Waals surface area contributed by atoms with Crippen molar-refractivity contribution in [1.29, 1.82) is 0 Å². The molecular formula is C31H38N2O4. The molecule has 6 nitrogen and oxygen atoms in total. The second kappa shape index (κ2) is 8.73. The number of fused-ring (bicyclic) bond motifs is 1. The Balaban J connectivity index is 1.95. The second-order valence-electron chi connectivity index (χ2n) is 11.7. The number of ether oxygens (including phenoxy) is 2. The number of hydrogen-bond acceptors (Lipinski definition) is 4. The molecule has 1 amide bonds. The highest BCUT2D eigenvalue weighted by atomic mass is 16.6. The van der Waals surface area contributed by atoms with Crippen LogP contribution in [0.3, 0.4) is 0 Å². The first-order chi connectivity index (χ1) is 17.4. The van der Waals surface area contributed by atoms with Gasteiger partial charge in [-0.25, -0.2) is 4.79 Å². The highest BCUT2D eigenvalue weighted by Crippen LogP contribution is 2.53. The maximum absolute atomic E-state index is 14.0. The Labute approximate surface area is 219 Å². The fourth-order valence-electron chi connectivity index (χ4n) is 6.61. The molecule has 0 bridgehead atoms. The van der Waals surface area contributed by atoms with Gasteiger partial charge in [0, 0.05) is 23.7 Å². The van der Waals surface area contributed by atoms with E-state index in [9.17, 15) is 9.59 Å². The minimum Gasteiger partial charge on any atom is -0.467 e. The lowest BCUT2D eigenvalue weighted by Crippen LogP contribution is -2.51. The number of likely N-dealkylation sites (N-methyl/N-ethyl adjacent to an activating group) is 1. The van der Waals surface area contributed by atoms with Crippen molar-refractivity contribution in [2.24, 2.45) is 0 Å². The molecule has 0 N–H and O–H groups in total. The molecule has 1 atom stereocenters. The molecule has 196 valence electrons. The lowest BCUT2D eigenvalue weighted by molar-refractivity contribution is -0.164. The molecule has 0 unspecified atom stereocenters. The molecule has 1 aromatic heterocycles. The molecule has 1 fully saturated rings. The fraction of sp³-hybridized carbons (Fsp3) is 0.484. The Morgan fingerprint density at radius 2 is 1.68 bits per heavy atom. The topological polar surface area (TPSA) is 60.8 Å². The number of aryl methyl sites for hydroxylation is 2. The van der Waals surface area contributed by atoms with E-state index in [0.717, 1.165) is 75.8 Å². The number of benzene rings is 2. The summed E-state index contributed by atoms with van der Waals surface area (Å²) in [4.78, 5) is 29.2. The van der Waals surface area contributed by atoms with E-state index in [1.165, 1.54) is 7.11 Å². The van der Waals surface area contributed by atoms with Gasteiger partial charge in [-0.15, -0.1) is 0 Å². The Bertz CT molecular complexity index is 1400. The Hall–Kier alpha value is -3.12. The molecule has 3 aromatic rings. The predicted molar refractivity (Wildman–Crippen MR) is 147 cm³/mol. The molecule has 1 spiro atoms. The van der Waals surface area contributed by atoms with E-state index in [1.807, 2.05) is 39.6 Å². The van der Waals surface area contributed by atoms with Crippen LogP contribution in [0, 0.1) is 20.8 Å². The van der Waals surface area contributed by atoms with Crippen LogP contribution in [0.25, 0.3) is 22.0 Å². The van der Waals surface area contributed by atoms with Crippen molar-refractivity contribution in [3.05, 3.63) is 52.7 Å². The molecule has 0 radical (unpaired) electrons. The van der Waals surface area contributed by atoms with Crippen molar-refractivity contribution in [2.75, 3.05) is 19.1 Å². The normalized spacial score (nSPS) is 17.6. The van der Waals surface area contributed by atoms with Crippen LogP contribution in [0.15, 0.2) is 30.3 Å². The van der Waals surface area contributed by atoms with Gasteiger partial charge in [0.05, 0.1) is 23.9 Å². The number of hydrogen-bond donors (Lipinski definition) is 0. The third-order valence-electron chi connectivity index (χ3n) is 8.09. The lowest BCUT2D eigenvalue weighted by atomic mass is 9.85. The van der Waals surface area contributed by atoms with E-state index < -0.39 is 23.2 Å². The zero-order valence-electron chi connectivity index (χ0n) is 23.3. The quantitative estimate of drug-likeness (QED) is 0.382. The number of nitrogens with zero attached hydrogens (tertiary/aromatic N) is 2. The molecule has 1 aliphatic carbocycles. The summed E-state index contributed by atoms with van der Waals surface area (Å²) in [6.07, 6.45) is 2.83.